The number of carboxylic acids is 1. The van der Waals surface area contributed by atoms with Gasteiger partial charge in [0.05, 0.1) is 5.75 Å². The fourth-order valence-corrected chi connectivity index (χ4v) is 5.10. The summed E-state index contributed by atoms with van der Waals surface area (Å²) in [6.07, 6.45) is 0.248. The second kappa shape index (κ2) is 9.30. The second-order valence-corrected chi connectivity index (χ2v) is 12.6. The van der Waals surface area contributed by atoms with Gasteiger partial charge in [-0.15, -0.1) is 0 Å². The largest absolute Gasteiger partial charge is 0.480 e. The Kier molecular flexibility index (Phi) is 8.10. The molecule has 0 aliphatic rings. The van der Waals surface area contributed by atoms with E-state index in [0.29, 0.717) is 6.61 Å². The van der Waals surface area contributed by atoms with Gasteiger partial charge >= 0.3 is 5.97 Å². The fourth-order valence-electron chi connectivity index (χ4n) is 1.73. The molecule has 22 heavy (non-hydrogen) atoms. The smallest absolute Gasteiger partial charge is 0.326 e. The van der Waals surface area contributed by atoms with Gasteiger partial charge < -0.3 is 14.9 Å². The van der Waals surface area contributed by atoms with Gasteiger partial charge in [0.25, 0.3) is 0 Å². The Bertz CT molecular complexity index is 553. The van der Waals surface area contributed by atoms with E-state index in [9.17, 15) is 14.7 Å². The number of carbonyl (C=O) groups excluding carboxylic acids is 1. The zero-order valence-electron chi connectivity index (χ0n) is 12.5. The van der Waals surface area contributed by atoms with Crippen molar-refractivity contribution in [2.24, 2.45) is 0 Å². The first-order valence-corrected chi connectivity index (χ1v) is 11.5. The van der Waals surface area contributed by atoms with Gasteiger partial charge in [-0.3, -0.25) is 4.79 Å². The summed E-state index contributed by atoms with van der Waals surface area (Å²) < 4.78 is 5.42. The summed E-state index contributed by atoms with van der Waals surface area (Å²) >= 11 is 6.56. The lowest BCUT2D eigenvalue weighted by atomic mass is 10.1. The lowest BCUT2D eigenvalue weighted by Gasteiger charge is -2.17. The van der Waals surface area contributed by atoms with E-state index in [1.165, 1.54) is 11.4 Å². The van der Waals surface area contributed by atoms with Gasteiger partial charge in [0.15, 0.2) is 0 Å². The molecule has 1 rings (SSSR count). The number of amides is 1. The molecule has 0 aliphatic carbocycles. The maximum absolute atomic E-state index is 11.9. The molecule has 122 valence electrons. The van der Waals surface area contributed by atoms with Gasteiger partial charge in [0.1, 0.15) is 11.5 Å². The normalized spacial score (nSPS) is 14.8. The summed E-state index contributed by atoms with van der Waals surface area (Å²) in [6, 6.07) is 8.24. The second-order valence-electron chi connectivity index (χ2n) is 4.61. The van der Waals surface area contributed by atoms with E-state index in [1.54, 1.807) is 0 Å². The van der Waals surface area contributed by atoms with Crippen LogP contribution in [0, 0.1) is 0 Å². The van der Waals surface area contributed by atoms with Crippen molar-refractivity contribution < 1.29 is 19.2 Å². The van der Waals surface area contributed by atoms with Gasteiger partial charge in [-0.25, -0.2) is 4.79 Å². The molecular weight excluding hydrogens is 341 g/mol. The maximum atomic E-state index is 11.9. The van der Waals surface area contributed by atoms with Crippen LogP contribution >= 0.6 is 16.8 Å². The van der Waals surface area contributed by atoms with Gasteiger partial charge in [0, 0.05) is 13.0 Å². The van der Waals surface area contributed by atoms with Crippen molar-refractivity contribution in [3.63, 3.8) is 0 Å². The summed E-state index contributed by atoms with van der Waals surface area (Å²) in [6.45, 7) is 4.17. The first-order valence-electron chi connectivity index (χ1n) is 6.76. The lowest BCUT2D eigenvalue weighted by molar-refractivity contribution is -0.141. The Morgan fingerprint density at radius 2 is 2.05 bits per heavy atom. The van der Waals surface area contributed by atoms with E-state index in [-0.39, 0.29) is 18.1 Å². The van der Waals surface area contributed by atoms with Crippen LogP contribution in [0.2, 0.25) is 0 Å². The molecule has 1 amide bonds. The molecule has 2 N–H and O–H groups in total. The highest BCUT2D eigenvalue weighted by Crippen LogP contribution is 2.56. The fraction of sp³-hybridized carbons (Fsp3) is 0.429. The molecular formula is C14H20NO4PS2. The van der Waals surface area contributed by atoms with Crippen LogP contribution in [0.15, 0.2) is 30.3 Å². The van der Waals surface area contributed by atoms with E-state index in [0.717, 1.165) is 5.56 Å². The molecule has 2 unspecified atom stereocenters. The average Bonchev–Trinajstić information content (AvgIpc) is 2.45. The highest BCUT2D eigenvalue weighted by Gasteiger charge is 2.21. The molecule has 0 fully saturated rings. The summed E-state index contributed by atoms with van der Waals surface area (Å²) in [7, 11) is 0. The van der Waals surface area contributed by atoms with Crippen LogP contribution in [0.25, 0.3) is 0 Å². The molecule has 0 saturated heterocycles. The minimum absolute atomic E-state index is 0.104. The van der Waals surface area contributed by atoms with Crippen LogP contribution in [-0.4, -0.2) is 42.0 Å². The first kappa shape index (κ1) is 19.2. The topological polar surface area (TPSA) is 75.6 Å². The number of carboxylic acid groups (broad SMARTS) is 1. The summed E-state index contributed by atoms with van der Waals surface area (Å²) in [5.74, 6) is -1.29. The number of hydrogen-bond donors (Lipinski definition) is 2. The molecule has 0 saturated carbocycles. The summed E-state index contributed by atoms with van der Waals surface area (Å²) in [5, 5.41) is 11.8. The van der Waals surface area contributed by atoms with E-state index in [2.05, 4.69) is 5.32 Å². The van der Waals surface area contributed by atoms with Gasteiger partial charge in [-0.05, 0) is 19.2 Å². The predicted octanol–water partition coefficient (Wildman–Crippen LogP) is 2.51. The molecule has 0 heterocycles. The van der Waals surface area contributed by atoms with Crippen molar-refractivity contribution >= 4 is 40.5 Å². The number of hydrogen-bond acceptors (Lipinski definition) is 5. The molecule has 5 nitrogen and oxygen atoms in total. The minimum atomic E-state index is -2.04. The highest BCUT2D eigenvalue weighted by molar-refractivity contribution is 8.69. The SMILES string of the molecule is CCOP(C)(=S)SCC(=O)NC(Cc1ccccc1)C(=O)O. The molecule has 0 radical (unpaired) electrons. The molecule has 0 bridgehead atoms. The van der Waals surface area contributed by atoms with Crippen molar-refractivity contribution in [3.05, 3.63) is 35.9 Å². The molecule has 1 aromatic carbocycles. The van der Waals surface area contributed by atoms with E-state index >= 15 is 0 Å². The maximum Gasteiger partial charge on any atom is 0.326 e. The molecule has 1 aromatic rings. The van der Waals surface area contributed by atoms with Crippen LogP contribution in [0.5, 0.6) is 0 Å². The van der Waals surface area contributed by atoms with Crippen LogP contribution in [0.1, 0.15) is 12.5 Å². The average molecular weight is 361 g/mol. The third kappa shape index (κ3) is 7.40. The Hall–Kier alpha value is -0.880. The molecule has 0 spiro atoms. The Morgan fingerprint density at radius 3 is 2.59 bits per heavy atom. The van der Waals surface area contributed by atoms with Gasteiger partial charge in [-0.1, -0.05) is 53.5 Å². The molecule has 0 aromatic heterocycles. The third-order valence-corrected chi connectivity index (χ3v) is 7.67. The van der Waals surface area contributed by atoms with Gasteiger partial charge in [-0.2, -0.15) is 0 Å². The monoisotopic (exact) mass is 361 g/mol. The third-order valence-electron chi connectivity index (χ3n) is 2.71. The van der Waals surface area contributed by atoms with Crippen LogP contribution in [0.4, 0.5) is 0 Å². The highest BCUT2D eigenvalue weighted by atomic mass is 32.9. The van der Waals surface area contributed by atoms with Crippen molar-refractivity contribution in [2.75, 3.05) is 19.0 Å². The van der Waals surface area contributed by atoms with Crippen molar-refractivity contribution in [1.82, 2.24) is 5.32 Å². The van der Waals surface area contributed by atoms with E-state index in [4.69, 9.17) is 16.3 Å². The number of nitrogens with one attached hydrogen (secondary N) is 1. The van der Waals surface area contributed by atoms with Crippen molar-refractivity contribution in [1.29, 1.82) is 0 Å². The number of carbonyl (C=O) groups is 2. The van der Waals surface area contributed by atoms with Crippen LogP contribution in [0.3, 0.4) is 0 Å². The quantitative estimate of drug-likeness (QED) is 0.658. The standard InChI is InChI=1S/C14H20NO4PS2/c1-3-19-20(2,21)22-10-13(16)15-12(14(17)18)9-11-7-5-4-6-8-11/h4-8,12H,3,9-10H2,1-2H3,(H,15,16)(H,17,18). The Morgan fingerprint density at radius 1 is 1.41 bits per heavy atom. The number of rotatable bonds is 9. The van der Waals surface area contributed by atoms with Crippen LogP contribution in [-0.2, 0) is 32.3 Å². The van der Waals surface area contributed by atoms with Gasteiger partial charge in [0.2, 0.25) is 5.91 Å². The minimum Gasteiger partial charge on any atom is -0.480 e. The van der Waals surface area contributed by atoms with E-state index in [1.807, 2.05) is 43.9 Å². The predicted molar refractivity (Wildman–Crippen MR) is 94.0 cm³/mol. The number of aliphatic carboxylic acids is 1. The summed E-state index contributed by atoms with van der Waals surface area (Å²) in [5.41, 5.74) is -1.18. The Labute approximate surface area is 139 Å². The van der Waals surface area contributed by atoms with Crippen LogP contribution < -0.4 is 5.32 Å². The van der Waals surface area contributed by atoms with Crippen molar-refractivity contribution in [3.8, 4) is 0 Å². The Balaban J connectivity index is 2.55. The lowest BCUT2D eigenvalue weighted by Crippen LogP contribution is -2.43. The zero-order valence-corrected chi connectivity index (χ0v) is 15.0. The van der Waals surface area contributed by atoms with Crippen molar-refractivity contribution in [2.45, 2.75) is 19.4 Å². The summed E-state index contributed by atoms with van der Waals surface area (Å²) in [4.78, 5) is 23.2. The molecule has 2 atom stereocenters. The zero-order chi connectivity index (χ0) is 16.6. The molecule has 0 aliphatic heterocycles. The molecule has 8 heteroatoms. The number of benzene rings is 1. The first-order chi connectivity index (χ1) is 10.3. The van der Waals surface area contributed by atoms with E-state index < -0.39 is 17.5 Å².